The Morgan fingerprint density at radius 1 is 1.29 bits per heavy atom. The van der Waals surface area contributed by atoms with Crippen molar-refractivity contribution in [3.63, 3.8) is 0 Å². The number of fused-ring (bicyclic) bond motifs is 5. The first kappa shape index (κ1) is 19.8. The standard InChI is InChI=1S/C22H19F2N3O4/c1-3-22(30)13-4-16-19-11(7-27(16)20(28)12(13)8-31-21(22)29)10(6-25)17-15(26-19)5-14(23)9(2)18(17)24/h4-5,30H,3,6-8,25H2,1-2H3/t22-/m0/s1. The zero-order valence-electron chi connectivity index (χ0n) is 16.9. The number of carbonyl (C=O) groups is 1. The molecule has 0 amide bonds. The fourth-order valence-electron chi connectivity index (χ4n) is 4.58. The van der Waals surface area contributed by atoms with Crippen LogP contribution in [0.5, 0.6) is 0 Å². The lowest BCUT2D eigenvalue weighted by atomic mass is 9.86. The number of rotatable bonds is 2. The lowest BCUT2D eigenvalue weighted by Gasteiger charge is -2.31. The molecule has 1 atom stereocenters. The molecule has 9 heteroatoms. The number of halogens is 2. The second kappa shape index (κ2) is 6.41. The van der Waals surface area contributed by atoms with Gasteiger partial charge in [0.25, 0.3) is 5.56 Å². The van der Waals surface area contributed by atoms with E-state index in [9.17, 15) is 23.5 Å². The molecular formula is C22H19F2N3O4. The van der Waals surface area contributed by atoms with Crippen LogP contribution in [0.4, 0.5) is 8.78 Å². The maximum Gasteiger partial charge on any atom is 0.343 e. The van der Waals surface area contributed by atoms with Gasteiger partial charge in [-0.15, -0.1) is 0 Å². The van der Waals surface area contributed by atoms with Crippen molar-refractivity contribution >= 4 is 16.9 Å². The first-order valence-corrected chi connectivity index (χ1v) is 9.90. The zero-order chi connectivity index (χ0) is 22.2. The molecule has 0 aliphatic carbocycles. The Bertz CT molecular complexity index is 1380. The van der Waals surface area contributed by atoms with Gasteiger partial charge in [0.15, 0.2) is 5.60 Å². The highest BCUT2D eigenvalue weighted by atomic mass is 19.1. The first-order chi connectivity index (χ1) is 14.7. The minimum Gasteiger partial charge on any atom is -0.458 e. The van der Waals surface area contributed by atoms with Gasteiger partial charge in [-0.3, -0.25) is 4.79 Å². The van der Waals surface area contributed by atoms with Gasteiger partial charge in [-0.05, 0) is 25.0 Å². The van der Waals surface area contributed by atoms with Crippen LogP contribution in [-0.4, -0.2) is 20.6 Å². The summed E-state index contributed by atoms with van der Waals surface area (Å²) in [5.41, 5.74) is 5.60. The number of aromatic nitrogens is 2. The molecule has 2 aromatic heterocycles. The van der Waals surface area contributed by atoms with Crippen molar-refractivity contribution in [3.05, 3.63) is 61.9 Å². The van der Waals surface area contributed by atoms with Crippen molar-refractivity contribution in [1.29, 1.82) is 0 Å². The first-order valence-electron chi connectivity index (χ1n) is 9.90. The lowest BCUT2D eigenvalue weighted by molar-refractivity contribution is -0.172. The molecule has 0 spiro atoms. The van der Waals surface area contributed by atoms with E-state index < -0.39 is 28.8 Å². The third kappa shape index (κ3) is 2.41. The molecule has 0 radical (unpaired) electrons. The highest BCUT2D eigenvalue weighted by Crippen LogP contribution is 2.40. The van der Waals surface area contributed by atoms with E-state index >= 15 is 0 Å². The Morgan fingerprint density at radius 3 is 2.71 bits per heavy atom. The molecule has 0 unspecified atom stereocenters. The van der Waals surface area contributed by atoms with E-state index in [1.165, 1.54) is 11.5 Å². The molecule has 0 bridgehead atoms. The maximum absolute atomic E-state index is 14.9. The van der Waals surface area contributed by atoms with Crippen LogP contribution >= 0.6 is 0 Å². The van der Waals surface area contributed by atoms with Crippen molar-refractivity contribution in [1.82, 2.24) is 9.55 Å². The monoisotopic (exact) mass is 427 g/mol. The van der Waals surface area contributed by atoms with Gasteiger partial charge in [-0.25, -0.2) is 18.6 Å². The number of nitrogens with zero attached hydrogens (tertiary/aromatic N) is 2. The fourth-order valence-corrected chi connectivity index (χ4v) is 4.58. The minimum absolute atomic E-state index is 0.0173. The summed E-state index contributed by atoms with van der Waals surface area (Å²) in [5.74, 6) is -2.28. The molecule has 4 heterocycles. The number of aliphatic hydroxyl groups is 1. The van der Waals surface area contributed by atoms with Gasteiger partial charge >= 0.3 is 5.97 Å². The predicted octanol–water partition coefficient (Wildman–Crippen LogP) is 2.12. The van der Waals surface area contributed by atoms with Crippen molar-refractivity contribution < 1.29 is 23.4 Å². The average Bonchev–Trinajstić information content (AvgIpc) is 3.12. The van der Waals surface area contributed by atoms with Crippen LogP contribution in [-0.2, 0) is 34.8 Å². The average molecular weight is 427 g/mol. The molecule has 3 aromatic rings. The van der Waals surface area contributed by atoms with Crippen LogP contribution in [0.25, 0.3) is 22.3 Å². The number of cyclic esters (lactones) is 1. The SMILES string of the molecule is CC[C@@]1(O)C(=O)OCc2c1cc1n(c2=O)Cc2c-1nc1cc(F)c(C)c(F)c1c2CN. The van der Waals surface area contributed by atoms with Crippen molar-refractivity contribution in [2.24, 2.45) is 5.73 Å². The Labute approximate surface area is 175 Å². The number of nitrogens with two attached hydrogens (primary N) is 1. The van der Waals surface area contributed by atoms with Crippen LogP contribution in [0.15, 0.2) is 16.9 Å². The van der Waals surface area contributed by atoms with Crippen LogP contribution in [0.2, 0.25) is 0 Å². The lowest BCUT2D eigenvalue weighted by Crippen LogP contribution is -2.44. The van der Waals surface area contributed by atoms with Gasteiger partial charge < -0.3 is 20.1 Å². The summed E-state index contributed by atoms with van der Waals surface area (Å²) in [7, 11) is 0. The van der Waals surface area contributed by atoms with Gasteiger partial charge in [-0.1, -0.05) is 6.92 Å². The molecule has 2 aliphatic heterocycles. The Balaban J connectivity index is 1.86. The van der Waals surface area contributed by atoms with Crippen LogP contribution in [0.1, 0.15) is 41.2 Å². The fraction of sp³-hybridized carbons (Fsp3) is 0.318. The maximum atomic E-state index is 14.9. The summed E-state index contributed by atoms with van der Waals surface area (Å²) in [6, 6.07) is 2.69. The highest BCUT2D eigenvalue weighted by Gasteiger charge is 2.45. The third-order valence-corrected chi connectivity index (χ3v) is 6.42. The van der Waals surface area contributed by atoms with Crippen molar-refractivity contribution in [3.8, 4) is 11.4 Å². The Kier molecular flexibility index (Phi) is 4.09. The van der Waals surface area contributed by atoms with Gasteiger partial charge in [0, 0.05) is 34.7 Å². The van der Waals surface area contributed by atoms with Gasteiger partial charge in [-0.2, -0.15) is 0 Å². The van der Waals surface area contributed by atoms with E-state index in [1.807, 2.05) is 0 Å². The van der Waals surface area contributed by atoms with Gasteiger partial charge in [0.2, 0.25) is 0 Å². The molecule has 0 fully saturated rings. The molecule has 7 nitrogen and oxygen atoms in total. The Morgan fingerprint density at radius 2 is 2.03 bits per heavy atom. The number of hydrogen-bond acceptors (Lipinski definition) is 6. The summed E-state index contributed by atoms with van der Waals surface area (Å²) in [4.78, 5) is 29.9. The second-order valence-electron chi connectivity index (χ2n) is 7.92. The molecule has 3 N–H and O–H groups in total. The third-order valence-electron chi connectivity index (χ3n) is 6.42. The number of hydrogen-bond donors (Lipinski definition) is 2. The van der Waals surface area contributed by atoms with Crippen molar-refractivity contribution in [2.75, 3.05) is 0 Å². The smallest absolute Gasteiger partial charge is 0.343 e. The van der Waals surface area contributed by atoms with E-state index in [2.05, 4.69) is 4.98 Å². The summed E-state index contributed by atoms with van der Waals surface area (Å²) in [6.45, 7) is 2.77. The number of benzene rings is 1. The number of pyridine rings is 2. The highest BCUT2D eigenvalue weighted by molar-refractivity contribution is 5.90. The number of ether oxygens (including phenoxy) is 1. The van der Waals surface area contributed by atoms with Crippen LogP contribution in [0, 0.1) is 18.6 Å². The van der Waals surface area contributed by atoms with Crippen molar-refractivity contribution in [2.45, 2.75) is 45.6 Å². The van der Waals surface area contributed by atoms with E-state index in [-0.39, 0.29) is 53.7 Å². The number of carbonyl (C=O) groups excluding carboxylic acids is 1. The number of esters is 1. The molecule has 2 aliphatic rings. The molecule has 0 saturated carbocycles. The second-order valence-corrected chi connectivity index (χ2v) is 7.92. The molecular weight excluding hydrogens is 408 g/mol. The molecule has 1 aromatic carbocycles. The van der Waals surface area contributed by atoms with Crippen LogP contribution in [0.3, 0.4) is 0 Å². The van der Waals surface area contributed by atoms with E-state index in [0.717, 1.165) is 6.07 Å². The minimum atomic E-state index is -1.95. The van der Waals surface area contributed by atoms with Gasteiger partial charge in [0.05, 0.1) is 29.0 Å². The van der Waals surface area contributed by atoms with E-state index in [1.54, 1.807) is 13.0 Å². The normalized spacial score (nSPS) is 19.2. The molecule has 160 valence electrons. The summed E-state index contributed by atoms with van der Waals surface area (Å²) in [5, 5.41) is 11.1. The Hall–Kier alpha value is -3.17. The van der Waals surface area contributed by atoms with Crippen LogP contribution < -0.4 is 11.3 Å². The molecule has 5 rings (SSSR count). The summed E-state index contributed by atoms with van der Waals surface area (Å²) >= 11 is 0. The summed E-state index contributed by atoms with van der Waals surface area (Å²) < 4.78 is 35.6. The summed E-state index contributed by atoms with van der Waals surface area (Å²) in [6.07, 6.45) is 0.0173. The molecule has 31 heavy (non-hydrogen) atoms. The van der Waals surface area contributed by atoms with Gasteiger partial charge in [0.1, 0.15) is 18.2 Å². The van der Waals surface area contributed by atoms with E-state index in [0.29, 0.717) is 22.5 Å². The van der Waals surface area contributed by atoms with E-state index in [4.69, 9.17) is 10.5 Å². The topological polar surface area (TPSA) is 107 Å². The quantitative estimate of drug-likeness (QED) is 0.475. The predicted molar refractivity (Wildman–Crippen MR) is 107 cm³/mol. The largest absolute Gasteiger partial charge is 0.458 e. The molecule has 0 saturated heterocycles. The zero-order valence-corrected chi connectivity index (χ0v) is 16.9.